The molecule has 2 heterocycles. The monoisotopic (exact) mass is 288 g/mol. The molecule has 0 radical (unpaired) electrons. The molecular weight excluding hydrogens is 272 g/mol. The molecule has 2 aromatic heterocycles. The van der Waals surface area contributed by atoms with E-state index in [1.807, 2.05) is 24.5 Å². The molecule has 0 aliphatic rings. The van der Waals surface area contributed by atoms with Gasteiger partial charge in [-0.25, -0.2) is 0 Å². The summed E-state index contributed by atoms with van der Waals surface area (Å²) < 4.78 is 5.35. The molecule has 0 saturated heterocycles. The molecule has 22 heavy (non-hydrogen) atoms. The first-order valence-electron chi connectivity index (χ1n) is 7.28. The van der Waals surface area contributed by atoms with Crippen LogP contribution >= 0.6 is 0 Å². The molecule has 0 unspecified atom stereocenters. The maximum Gasteiger partial charge on any atom is 0.119 e. The van der Waals surface area contributed by atoms with Gasteiger partial charge in [0.1, 0.15) is 5.75 Å². The van der Waals surface area contributed by atoms with Gasteiger partial charge in [-0.1, -0.05) is 18.2 Å². The normalized spacial score (nSPS) is 11.2. The number of H-pyrrole nitrogens is 1. The third kappa shape index (κ3) is 1.86. The summed E-state index contributed by atoms with van der Waals surface area (Å²) in [6.07, 6.45) is 3.90. The molecule has 4 rings (SSSR count). The maximum absolute atomic E-state index is 5.35. The van der Waals surface area contributed by atoms with E-state index in [4.69, 9.17) is 4.74 Å². The number of pyridine rings is 1. The van der Waals surface area contributed by atoms with Crippen LogP contribution in [0.5, 0.6) is 5.75 Å². The Morgan fingerprint density at radius 1 is 1.00 bits per heavy atom. The number of nitrogens with zero attached hydrogens (tertiary/aromatic N) is 1. The molecule has 3 heteroatoms. The predicted molar refractivity (Wildman–Crippen MR) is 90.3 cm³/mol. The molecule has 3 nitrogen and oxygen atoms in total. The fourth-order valence-electron chi connectivity index (χ4n) is 3.00. The average Bonchev–Trinajstić information content (AvgIpc) is 2.97. The number of hydrogen-bond acceptors (Lipinski definition) is 2. The quantitative estimate of drug-likeness (QED) is 0.580. The fourth-order valence-corrected chi connectivity index (χ4v) is 3.00. The van der Waals surface area contributed by atoms with Crippen LogP contribution in [-0.4, -0.2) is 17.1 Å². The number of rotatable bonds is 2. The number of aryl methyl sites for hydroxylation is 1. The second-order valence-corrected chi connectivity index (χ2v) is 5.44. The van der Waals surface area contributed by atoms with Crippen molar-refractivity contribution in [3.63, 3.8) is 0 Å². The summed E-state index contributed by atoms with van der Waals surface area (Å²) in [5.74, 6) is 0.852. The lowest BCUT2D eigenvalue weighted by atomic mass is 10.0. The number of ether oxygens (including phenoxy) is 1. The minimum absolute atomic E-state index is 0.852. The number of methoxy groups -OCH3 is 1. The molecule has 0 bridgehead atoms. The molecule has 0 spiro atoms. The van der Waals surface area contributed by atoms with E-state index in [0.717, 1.165) is 27.9 Å². The number of aromatic amines is 1. The SMILES string of the molecule is COc1ccc2[nH]cc(-c3nccc4c(C)cccc34)c2c1. The minimum atomic E-state index is 0.852. The largest absolute Gasteiger partial charge is 0.497 e. The van der Waals surface area contributed by atoms with Gasteiger partial charge in [0.15, 0.2) is 0 Å². The molecule has 0 atom stereocenters. The van der Waals surface area contributed by atoms with Crippen molar-refractivity contribution in [1.82, 2.24) is 9.97 Å². The van der Waals surface area contributed by atoms with Gasteiger partial charge in [-0.3, -0.25) is 4.98 Å². The van der Waals surface area contributed by atoms with Crippen LogP contribution in [0.15, 0.2) is 54.9 Å². The van der Waals surface area contributed by atoms with E-state index in [9.17, 15) is 0 Å². The topological polar surface area (TPSA) is 37.9 Å². The van der Waals surface area contributed by atoms with Crippen molar-refractivity contribution in [1.29, 1.82) is 0 Å². The van der Waals surface area contributed by atoms with Gasteiger partial charge < -0.3 is 9.72 Å². The van der Waals surface area contributed by atoms with Crippen LogP contribution < -0.4 is 4.74 Å². The van der Waals surface area contributed by atoms with E-state index in [1.165, 1.54) is 16.3 Å². The first-order valence-corrected chi connectivity index (χ1v) is 7.28. The lowest BCUT2D eigenvalue weighted by Crippen LogP contribution is -1.87. The number of fused-ring (bicyclic) bond motifs is 2. The number of nitrogens with one attached hydrogen (secondary N) is 1. The summed E-state index contributed by atoms with van der Waals surface area (Å²) in [6, 6.07) is 14.5. The van der Waals surface area contributed by atoms with E-state index in [-0.39, 0.29) is 0 Å². The Morgan fingerprint density at radius 3 is 2.77 bits per heavy atom. The molecule has 0 amide bonds. The Balaban J connectivity index is 2.05. The van der Waals surface area contributed by atoms with E-state index < -0.39 is 0 Å². The Morgan fingerprint density at radius 2 is 1.91 bits per heavy atom. The van der Waals surface area contributed by atoms with Crippen LogP contribution in [0.4, 0.5) is 0 Å². The van der Waals surface area contributed by atoms with Gasteiger partial charge in [-0.2, -0.15) is 0 Å². The first-order chi connectivity index (χ1) is 10.8. The van der Waals surface area contributed by atoms with Crippen molar-refractivity contribution in [3.8, 4) is 17.0 Å². The Bertz CT molecular complexity index is 985. The molecule has 4 aromatic rings. The van der Waals surface area contributed by atoms with Crippen molar-refractivity contribution >= 4 is 21.7 Å². The highest BCUT2D eigenvalue weighted by molar-refractivity contribution is 6.04. The summed E-state index contributed by atoms with van der Waals surface area (Å²) in [4.78, 5) is 7.96. The lowest BCUT2D eigenvalue weighted by Gasteiger charge is -2.07. The van der Waals surface area contributed by atoms with Gasteiger partial charge in [0.05, 0.1) is 12.8 Å². The Hall–Kier alpha value is -2.81. The predicted octanol–water partition coefficient (Wildman–Crippen LogP) is 4.70. The number of aromatic nitrogens is 2. The molecular formula is C19H16N2O. The Kier molecular flexibility index (Phi) is 2.86. The van der Waals surface area contributed by atoms with Crippen LogP contribution in [0.1, 0.15) is 5.56 Å². The van der Waals surface area contributed by atoms with Crippen molar-refractivity contribution < 1.29 is 4.74 Å². The summed E-state index contributed by atoms with van der Waals surface area (Å²) in [5, 5.41) is 3.54. The zero-order valence-corrected chi connectivity index (χ0v) is 12.6. The van der Waals surface area contributed by atoms with E-state index in [0.29, 0.717) is 0 Å². The van der Waals surface area contributed by atoms with Crippen LogP contribution in [0.3, 0.4) is 0 Å². The standard InChI is InChI=1S/C19H16N2O/c1-12-4-3-5-15-14(12)8-9-20-19(15)17-11-21-18-7-6-13(22-2)10-16(17)18/h3-11,21H,1-2H3. The van der Waals surface area contributed by atoms with Gasteiger partial charge in [-0.05, 0) is 42.1 Å². The van der Waals surface area contributed by atoms with Crippen LogP contribution in [0, 0.1) is 6.92 Å². The van der Waals surface area contributed by atoms with Gasteiger partial charge in [0, 0.05) is 34.2 Å². The smallest absolute Gasteiger partial charge is 0.119 e. The highest BCUT2D eigenvalue weighted by atomic mass is 16.5. The van der Waals surface area contributed by atoms with E-state index >= 15 is 0 Å². The van der Waals surface area contributed by atoms with Crippen molar-refractivity contribution in [2.24, 2.45) is 0 Å². The second-order valence-electron chi connectivity index (χ2n) is 5.44. The van der Waals surface area contributed by atoms with Gasteiger partial charge in [0.2, 0.25) is 0 Å². The summed E-state index contributed by atoms with van der Waals surface area (Å²) in [6.45, 7) is 2.13. The van der Waals surface area contributed by atoms with Crippen LogP contribution in [-0.2, 0) is 0 Å². The highest BCUT2D eigenvalue weighted by Crippen LogP contribution is 2.34. The first kappa shape index (κ1) is 12.9. The second kappa shape index (κ2) is 4.88. The zero-order valence-electron chi connectivity index (χ0n) is 12.6. The minimum Gasteiger partial charge on any atom is -0.497 e. The third-order valence-electron chi connectivity index (χ3n) is 4.17. The molecule has 0 aliphatic carbocycles. The fraction of sp³-hybridized carbons (Fsp3) is 0.105. The van der Waals surface area contributed by atoms with E-state index in [1.54, 1.807) is 7.11 Å². The van der Waals surface area contributed by atoms with Gasteiger partial charge in [-0.15, -0.1) is 0 Å². The summed E-state index contributed by atoms with van der Waals surface area (Å²) in [7, 11) is 1.69. The van der Waals surface area contributed by atoms with Crippen molar-refractivity contribution in [2.75, 3.05) is 7.11 Å². The zero-order chi connectivity index (χ0) is 15.1. The van der Waals surface area contributed by atoms with E-state index in [2.05, 4.69) is 47.2 Å². The van der Waals surface area contributed by atoms with Crippen molar-refractivity contribution in [2.45, 2.75) is 6.92 Å². The molecule has 2 aromatic carbocycles. The van der Waals surface area contributed by atoms with Crippen molar-refractivity contribution in [3.05, 3.63) is 60.4 Å². The molecule has 0 saturated carbocycles. The summed E-state index contributed by atoms with van der Waals surface area (Å²) >= 11 is 0. The van der Waals surface area contributed by atoms with Gasteiger partial charge in [0.25, 0.3) is 0 Å². The average molecular weight is 288 g/mol. The maximum atomic E-state index is 5.35. The Labute approximate surface area is 128 Å². The summed E-state index contributed by atoms with van der Waals surface area (Å²) in [5.41, 5.74) is 4.45. The molecule has 0 fully saturated rings. The molecule has 1 N–H and O–H groups in total. The highest BCUT2D eigenvalue weighted by Gasteiger charge is 2.12. The molecule has 0 aliphatic heterocycles. The number of hydrogen-bond donors (Lipinski definition) is 1. The van der Waals surface area contributed by atoms with Crippen LogP contribution in [0.2, 0.25) is 0 Å². The third-order valence-corrected chi connectivity index (χ3v) is 4.17. The van der Waals surface area contributed by atoms with Crippen LogP contribution in [0.25, 0.3) is 32.9 Å². The lowest BCUT2D eigenvalue weighted by molar-refractivity contribution is 0.415. The molecule has 108 valence electrons. The van der Waals surface area contributed by atoms with Gasteiger partial charge >= 0.3 is 0 Å². The number of benzene rings is 2.